The molecule has 0 aromatic heterocycles. The molecule has 0 spiro atoms. The Hall–Kier alpha value is -0.290. The Labute approximate surface area is 81.2 Å². The van der Waals surface area contributed by atoms with Crippen molar-refractivity contribution < 1.29 is 13.2 Å². The molecule has 2 saturated heterocycles. The van der Waals surface area contributed by atoms with E-state index in [1.165, 1.54) is 6.42 Å². The monoisotopic (exact) mass is 208 g/mol. The fraction of sp³-hybridized carbons (Fsp3) is 1.00. The first kappa shape index (κ1) is 10.2. The maximum absolute atomic E-state index is 11.8. The number of rotatable bonds is 3. The van der Waals surface area contributed by atoms with E-state index in [4.69, 9.17) is 0 Å². The summed E-state index contributed by atoms with van der Waals surface area (Å²) >= 11 is 0. The van der Waals surface area contributed by atoms with Crippen molar-refractivity contribution in [3.63, 3.8) is 0 Å². The lowest BCUT2D eigenvalue weighted by molar-refractivity contribution is -0.125. The minimum atomic E-state index is -4.08. The zero-order valence-electron chi connectivity index (χ0n) is 7.90. The van der Waals surface area contributed by atoms with Crippen LogP contribution in [0.2, 0.25) is 0 Å². The van der Waals surface area contributed by atoms with Gasteiger partial charge in [-0.2, -0.15) is 13.2 Å². The van der Waals surface area contributed by atoms with Crippen LogP contribution in [0.25, 0.3) is 0 Å². The van der Waals surface area contributed by atoms with Gasteiger partial charge in [0.1, 0.15) is 0 Å². The summed E-state index contributed by atoms with van der Waals surface area (Å²) in [5.74, 6) is 0.399. The van der Waals surface area contributed by atoms with E-state index < -0.39 is 12.7 Å². The molecule has 2 aliphatic heterocycles. The smallest absolute Gasteiger partial charge is 0.311 e. The van der Waals surface area contributed by atoms with Crippen molar-refractivity contribution in [2.45, 2.75) is 37.5 Å². The third-order valence-electron chi connectivity index (χ3n) is 3.16. The van der Waals surface area contributed by atoms with E-state index in [0.717, 1.165) is 12.8 Å². The van der Waals surface area contributed by atoms with E-state index in [2.05, 4.69) is 10.6 Å². The van der Waals surface area contributed by atoms with Crippen LogP contribution in [-0.2, 0) is 0 Å². The van der Waals surface area contributed by atoms with Crippen LogP contribution in [0.5, 0.6) is 0 Å². The zero-order chi connectivity index (χ0) is 10.2. The molecule has 0 radical (unpaired) electrons. The summed E-state index contributed by atoms with van der Waals surface area (Å²) in [5, 5.41) is 5.89. The lowest BCUT2D eigenvalue weighted by Crippen LogP contribution is -2.36. The van der Waals surface area contributed by atoms with Gasteiger partial charge in [-0.15, -0.1) is 0 Å². The molecule has 3 unspecified atom stereocenters. The molecule has 0 saturated carbocycles. The molecule has 2 aliphatic rings. The topological polar surface area (TPSA) is 24.1 Å². The predicted molar refractivity (Wildman–Crippen MR) is 47.0 cm³/mol. The van der Waals surface area contributed by atoms with Crippen molar-refractivity contribution in [1.82, 2.24) is 10.6 Å². The van der Waals surface area contributed by atoms with Crippen LogP contribution in [0.4, 0.5) is 13.2 Å². The van der Waals surface area contributed by atoms with E-state index in [0.29, 0.717) is 24.5 Å². The standard InChI is InChI=1S/C9H15F3N2/c10-9(11,12)5-13-4-6-3-7-1-2-8(6)14-7/h6-8,13-14H,1-5H2. The summed E-state index contributed by atoms with van der Waals surface area (Å²) in [4.78, 5) is 0. The fourth-order valence-corrected chi connectivity index (χ4v) is 2.56. The highest BCUT2D eigenvalue weighted by atomic mass is 19.4. The maximum atomic E-state index is 11.8. The molecular weight excluding hydrogens is 193 g/mol. The maximum Gasteiger partial charge on any atom is 0.401 e. The molecule has 2 rings (SSSR count). The molecule has 2 bridgehead atoms. The van der Waals surface area contributed by atoms with Gasteiger partial charge in [0, 0.05) is 12.1 Å². The quantitative estimate of drug-likeness (QED) is 0.730. The van der Waals surface area contributed by atoms with Crippen molar-refractivity contribution in [2.75, 3.05) is 13.1 Å². The van der Waals surface area contributed by atoms with Gasteiger partial charge in [0.25, 0.3) is 0 Å². The molecule has 0 amide bonds. The summed E-state index contributed by atoms with van der Waals surface area (Å²) in [7, 11) is 0. The van der Waals surface area contributed by atoms with Crippen molar-refractivity contribution in [1.29, 1.82) is 0 Å². The summed E-state index contributed by atoms with van der Waals surface area (Å²) in [6.45, 7) is -0.367. The zero-order valence-corrected chi connectivity index (χ0v) is 7.90. The van der Waals surface area contributed by atoms with Crippen molar-refractivity contribution >= 4 is 0 Å². The van der Waals surface area contributed by atoms with Crippen LogP contribution in [0.15, 0.2) is 0 Å². The average Bonchev–Trinajstić information content (AvgIpc) is 2.62. The van der Waals surface area contributed by atoms with Crippen LogP contribution < -0.4 is 10.6 Å². The summed E-state index contributed by atoms with van der Waals surface area (Å²) in [5.41, 5.74) is 0. The second kappa shape index (κ2) is 3.70. The van der Waals surface area contributed by atoms with Crippen LogP contribution in [-0.4, -0.2) is 31.3 Å². The Bertz CT molecular complexity index is 205. The highest BCUT2D eigenvalue weighted by Crippen LogP contribution is 2.32. The van der Waals surface area contributed by atoms with Gasteiger partial charge in [-0.1, -0.05) is 0 Å². The first-order valence-corrected chi connectivity index (χ1v) is 5.08. The first-order chi connectivity index (χ1) is 6.54. The first-order valence-electron chi connectivity index (χ1n) is 5.08. The minimum absolute atomic E-state index is 0.399. The van der Waals surface area contributed by atoms with Gasteiger partial charge in [-0.05, 0) is 31.7 Å². The molecule has 82 valence electrons. The van der Waals surface area contributed by atoms with E-state index in [1.54, 1.807) is 0 Å². The van der Waals surface area contributed by atoms with Crippen molar-refractivity contribution in [3.05, 3.63) is 0 Å². The largest absolute Gasteiger partial charge is 0.401 e. The lowest BCUT2D eigenvalue weighted by atomic mass is 9.89. The van der Waals surface area contributed by atoms with E-state index >= 15 is 0 Å². The molecule has 2 heterocycles. The Morgan fingerprint density at radius 2 is 2.07 bits per heavy atom. The molecule has 0 aromatic rings. The van der Waals surface area contributed by atoms with E-state index in [-0.39, 0.29) is 0 Å². The summed E-state index contributed by atoms with van der Waals surface area (Å²) in [6, 6.07) is 1.03. The number of hydrogen-bond acceptors (Lipinski definition) is 2. The fourth-order valence-electron chi connectivity index (χ4n) is 2.56. The van der Waals surface area contributed by atoms with E-state index in [1.807, 2.05) is 0 Å². The Morgan fingerprint density at radius 3 is 2.57 bits per heavy atom. The van der Waals surface area contributed by atoms with Gasteiger partial charge in [0.2, 0.25) is 0 Å². The Balaban J connectivity index is 1.67. The number of nitrogens with one attached hydrogen (secondary N) is 2. The molecule has 3 atom stereocenters. The minimum Gasteiger partial charge on any atom is -0.311 e. The molecule has 0 aliphatic carbocycles. The lowest BCUT2D eigenvalue weighted by Gasteiger charge is -2.20. The van der Waals surface area contributed by atoms with Gasteiger partial charge in [-0.25, -0.2) is 0 Å². The Kier molecular flexibility index (Phi) is 2.70. The molecule has 2 N–H and O–H groups in total. The van der Waals surface area contributed by atoms with E-state index in [9.17, 15) is 13.2 Å². The normalized spacial score (nSPS) is 36.6. The number of fused-ring (bicyclic) bond motifs is 2. The molecule has 5 heteroatoms. The van der Waals surface area contributed by atoms with Crippen LogP contribution in [0.3, 0.4) is 0 Å². The van der Waals surface area contributed by atoms with Crippen molar-refractivity contribution in [3.8, 4) is 0 Å². The Morgan fingerprint density at radius 1 is 1.29 bits per heavy atom. The third kappa shape index (κ3) is 2.39. The number of halogens is 3. The van der Waals surface area contributed by atoms with Crippen LogP contribution >= 0.6 is 0 Å². The number of hydrogen-bond donors (Lipinski definition) is 2. The van der Waals surface area contributed by atoms with Gasteiger partial charge in [-0.3, -0.25) is 0 Å². The van der Waals surface area contributed by atoms with Gasteiger partial charge in [0.15, 0.2) is 0 Å². The molecule has 14 heavy (non-hydrogen) atoms. The third-order valence-corrected chi connectivity index (χ3v) is 3.16. The average molecular weight is 208 g/mol. The molecule has 2 fully saturated rings. The second-order valence-electron chi connectivity index (χ2n) is 4.29. The van der Waals surface area contributed by atoms with Crippen LogP contribution in [0, 0.1) is 5.92 Å². The van der Waals surface area contributed by atoms with Crippen molar-refractivity contribution in [2.24, 2.45) is 5.92 Å². The summed E-state index contributed by atoms with van der Waals surface area (Å²) in [6.07, 6.45) is -0.718. The highest BCUT2D eigenvalue weighted by molar-refractivity contribution is 4.97. The molecule has 0 aromatic carbocycles. The SMILES string of the molecule is FC(F)(F)CNCC1CC2CCC1N2. The predicted octanol–water partition coefficient (Wildman–Crippen LogP) is 1.28. The summed E-state index contributed by atoms with van der Waals surface area (Å²) < 4.78 is 35.5. The molecule has 2 nitrogen and oxygen atoms in total. The van der Waals surface area contributed by atoms with Crippen LogP contribution in [0.1, 0.15) is 19.3 Å². The molecular formula is C9H15F3N2. The van der Waals surface area contributed by atoms with Gasteiger partial charge in [0.05, 0.1) is 6.54 Å². The van der Waals surface area contributed by atoms with Gasteiger partial charge < -0.3 is 10.6 Å². The van der Waals surface area contributed by atoms with Gasteiger partial charge >= 0.3 is 6.18 Å². The number of alkyl halides is 3. The second-order valence-corrected chi connectivity index (χ2v) is 4.29. The highest BCUT2D eigenvalue weighted by Gasteiger charge is 2.39.